The number of nitrogens with zero attached hydrogens (tertiary/aromatic N) is 1. The van der Waals surface area contributed by atoms with Crippen LogP contribution in [0.5, 0.6) is 0 Å². The van der Waals surface area contributed by atoms with Crippen LogP contribution >= 0.6 is 0 Å². The fourth-order valence-electron chi connectivity index (χ4n) is 1.64. The number of hydrogen-bond acceptors (Lipinski definition) is 1. The van der Waals surface area contributed by atoms with Crippen LogP contribution in [-0.2, 0) is 6.18 Å². The van der Waals surface area contributed by atoms with Crippen molar-refractivity contribution in [3.63, 3.8) is 0 Å². The van der Waals surface area contributed by atoms with E-state index in [1.54, 1.807) is 24.1 Å². The fraction of sp³-hybridized carbons (Fsp3) is 0.412. The highest BCUT2D eigenvalue weighted by Gasteiger charge is 2.31. The summed E-state index contributed by atoms with van der Waals surface area (Å²) in [5.41, 5.74) is 1.46. The summed E-state index contributed by atoms with van der Waals surface area (Å²) in [6, 6.07) is 3.98. The minimum Gasteiger partial charge on any atom is -0.325 e. The second-order valence-corrected chi connectivity index (χ2v) is 4.47. The van der Waals surface area contributed by atoms with Crippen LogP contribution in [-0.4, -0.2) is 0 Å². The van der Waals surface area contributed by atoms with Crippen LogP contribution in [0.25, 0.3) is 0 Å². The highest BCUT2D eigenvalue weighted by Crippen LogP contribution is 2.33. The molecule has 0 aromatic heterocycles. The molecule has 0 atom stereocenters. The van der Waals surface area contributed by atoms with Gasteiger partial charge in [0.05, 0.1) is 5.56 Å². The molecule has 0 unspecified atom stereocenters. The summed E-state index contributed by atoms with van der Waals surface area (Å²) in [5.74, 6) is 0. The van der Waals surface area contributed by atoms with Gasteiger partial charge in [0.2, 0.25) is 0 Å². The van der Waals surface area contributed by atoms with E-state index >= 15 is 0 Å². The lowest BCUT2D eigenvalue weighted by molar-refractivity contribution is -0.137. The maximum absolute atomic E-state index is 12.8. The Kier molecular flexibility index (Phi) is 7.85. The van der Waals surface area contributed by atoms with E-state index in [2.05, 4.69) is 6.58 Å². The Balaban J connectivity index is 0.00000191. The van der Waals surface area contributed by atoms with Crippen LogP contribution < -0.4 is 4.90 Å². The van der Waals surface area contributed by atoms with Gasteiger partial charge in [0.15, 0.2) is 0 Å². The third kappa shape index (κ3) is 6.06. The Morgan fingerprint density at radius 3 is 2.24 bits per heavy atom. The van der Waals surface area contributed by atoms with E-state index in [9.17, 15) is 13.2 Å². The van der Waals surface area contributed by atoms with Crippen molar-refractivity contribution in [1.82, 2.24) is 0 Å². The first-order chi connectivity index (χ1) is 9.77. The van der Waals surface area contributed by atoms with Crippen molar-refractivity contribution in [3.05, 3.63) is 53.9 Å². The van der Waals surface area contributed by atoms with Gasteiger partial charge in [0.1, 0.15) is 0 Å². The predicted molar refractivity (Wildman–Crippen MR) is 84.3 cm³/mol. The molecule has 0 aliphatic carbocycles. The summed E-state index contributed by atoms with van der Waals surface area (Å²) in [4.78, 5) is 1.61. The number of alkyl halides is 3. The van der Waals surface area contributed by atoms with Crippen molar-refractivity contribution in [1.29, 1.82) is 0 Å². The molecule has 21 heavy (non-hydrogen) atoms. The molecule has 1 aromatic carbocycles. The minimum atomic E-state index is -4.34. The van der Waals surface area contributed by atoms with E-state index in [-0.39, 0.29) is 0 Å². The number of hydrogen-bond donors (Lipinski definition) is 0. The van der Waals surface area contributed by atoms with Gasteiger partial charge in [-0.2, -0.15) is 13.2 Å². The Labute approximate surface area is 125 Å². The van der Waals surface area contributed by atoms with Crippen molar-refractivity contribution >= 4 is 5.69 Å². The summed E-state index contributed by atoms with van der Waals surface area (Å²) < 4.78 is 38.4. The molecule has 0 radical (unpaired) electrons. The van der Waals surface area contributed by atoms with Gasteiger partial charge in [0, 0.05) is 18.1 Å². The van der Waals surface area contributed by atoms with Crippen LogP contribution in [0.15, 0.2) is 42.8 Å². The number of halogens is 3. The van der Waals surface area contributed by atoms with E-state index in [1.165, 1.54) is 6.20 Å². The first-order valence-corrected chi connectivity index (χ1v) is 7.05. The number of anilines is 1. The van der Waals surface area contributed by atoms with Crippen LogP contribution in [0.4, 0.5) is 18.9 Å². The van der Waals surface area contributed by atoms with Crippen LogP contribution in [0.1, 0.15) is 45.2 Å². The second kappa shape index (κ2) is 8.55. The molecule has 0 bridgehead atoms. The number of aryl methyl sites for hydroxylation is 1. The van der Waals surface area contributed by atoms with E-state index in [4.69, 9.17) is 0 Å². The predicted octanol–water partition coefficient (Wildman–Crippen LogP) is 6.30. The van der Waals surface area contributed by atoms with Crippen molar-refractivity contribution in [2.45, 2.75) is 47.2 Å². The summed E-state index contributed by atoms with van der Waals surface area (Å²) in [5, 5.41) is 0. The number of benzene rings is 1. The van der Waals surface area contributed by atoms with Gasteiger partial charge in [-0.25, -0.2) is 0 Å². The summed E-state index contributed by atoms with van der Waals surface area (Å²) in [6.07, 6.45) is -0.199. The maximum Gasteiger partial charge on any atom is 0.416 e. The maximum atomic E-state index is 12.8. The first-order valence-electron chi connectivity index (χ1n) is 7.05. The molecule has 0 amide bonds. The molecule has 0 aliphatic heterocycles. The van der Waals surface area contributed by atoms with Gasteiger partial charge in [-0.1, -0.05) is 32.9 Å². The normalized spacial score (nSPS) is 11.5. The van der Waals surface area contributed by atoms with Crippen molar-refractivity contribution < 1.29 is 13.2 Å². The molecule has 0 fully saturated rings. The lowest BCUT2D eigenvalue weighted by atomic mass is 10.1. The zero-order valence-corrected chi connectivity index (χ0v) is 13.4. The van der Waals surface area contributed by atoms with E-state index in [0.29, 0.717) is 11.3 Å². The zero-order chi connectivity index (χ0) is 16.6. The smallest absolute Gasteiger partial charge is 0.325 e. The first kappa shape index (κ1) is 19.3. The molecular weight excluding hydrogens is 275 g/mol. The topological polar surface area (TPSA) is 3.24 Å². The Morgan fingerprint density at radius 2 is 1.81 bits per heavy atom. The average Bonchev–Trinajstić information content (AvgIpc) is 2.45. The second-order valence-electron chi connectivity index (χ2n) is 4.47. The SMILES string of the molecule is C=CN(/C=C(/C)CC)c1cc(C)cc(C(F)(F)F)c1.CC. The van der Waals surface area contributed by atoms with Crippen molar-refractivity contribution in [2.75, 3.05) is 4.90 Å². The van der Waals surface area contributed by atoms with Crippen molar-refractivity contribution in [2.24, 2.45) is 0 Å². The van der Waals surface area contributed by atoms with Crippen molar-refractivity contribution in [3.8, 4) is 0 Å². The molecule has 0 saturated heterocycles. The molecule has 4 heteroatoms. The third-order valence-corrected chi connectivity index (χ3v) is 2.80. The average molecular weight is 299 g/mol. The Morgan fingerprint density at radius 1 is 1.24 bits per heavy atom. The largest absolute Gasteiger partial charge is 0.416 e. The molecule has 1 aromatic rings. The van der Waals surface area contributed by atoms with E-state index < -0.39 is 11.7 Å². The van der Waals surface area contributed by atoms with Gasteiger partial charge in [-0.15, -0.1) is 0 Å². The molecule has 0 saturated carbocycles. The van der Waals surface area contributed by atoms with E-state index in [1.807, 2.05) is 27.7 Å². The highest BCUT2D eigenvalue weighted by molar-refractivity contribution is 5.56. The summed E-state index contributed by atoms with van der Waals surface area (Å²) >= 11 is 0. The van der Waals surface area contributed by atoms with Gasteiger partial charge in [-0.3, -0.25) is 0 Å². The molecule has 0 N–H and O–H groups in total. The molecule has 118 valence electrons. The lowest BCUT2D eigenvalue weighted by Crippen LogP contribution is -2.11. The van der Waals surface area contributed by atoms with Gasteiger partial charge >= 0.3 is 6.18 Å². The summed E-state index contributed by atoms with van der Waals surface area (Å²) in [7, 11) is 0. The number of rotatable bonds is 4. The monoisotopic (exact) mass is 299 g/mol. The molecule has 1 rings (SSSR count). The van der Waals surface area contributed by atoms with Gasteiger partial charge in [-0.05, 0) is 44.0 Å². The Hall–Kier alpha value is -1.71. The van der Waals surface area contributed by atoms with Crippen LogP contribution in [0.2, 0.25) is 0 Å². The quantitative estimate of drug-likeness (QED) is 0.630. The molecule has 1 nitrogen and oxygen atoms in total. The number of allylic oxidation sites excluding steroid dienone is 1. The van der Waals surface area contributed by atoms with Crippen LogP contribution in [0, 0.1) is 6.92 Å². The standard InChI is InChI=1S/C15H18F3N.C2H6/c1-5-11(3)10-19(6-2)14-8-12(4)7-13(9-14)15(16,17)18;1-2/h6-10H,2,5H2,1,3-4H3;1-2H3/b11-10-;. The minimum absolute atomic E-state index is 0.468. The molecule has 0 heterocycles. The molecule has 0 aliphatic rings. The summed E-state index contributed by atoms with van der Waals surface area (Å²) in [6.45, 7) is 13.2. The van der Waals surface area contributed by atoms with Crippen LogP contribution in [0.3, 0.4) is 0 Å². The third-order valence-electron chi connectivity index (χ3n) is 2.80. The fourth-order valence-corrected chi connectivity index (χ4v) is 1.64. The van der Waals surface area contributed by atoms with Gasteiger partial charge in [0.25, 0.3) is 0 Å². The molecule has 0 spiro atoms. The zero-order valence-electron chi connectivity index (χ0n) is 13.4. The Bertz CT molecular complexity index is 487. The lowest BCUT2D eigenvalue weighted by Gasteiger charge is -2.19. The van der Waals surface area contributed by atoms with Gasteiger partial charge < -0.3 is 4.90 Å². The van der Waals surface area contributed by atoms with E-state index in [0.717, 1.165) is 24.1 Å². The molecular formula is C17H24F3N. The highest BCUT2D eigenvalue weighted by atomic mass is 19.4.